The molecule has 0 spiro atoms. The number of likely N-dealkylation sites (tertiary alicyclic amines) is 1. The Balaban J connectivity index is 0.990. The van der Waals surface area contributed by atoms with Crippen molar-refractivity contribution in [3.63, 3.8) is 0 Å². The van der Waals surface area contributed by atoms with Crippen LogP contribution < -0.4 is 25.8 Å². The Hall–Kier alpha value is -4.33. The minimum atomic E-state index is -0.378. The van der Waals surface area contributed by atoms with Crippen LogP contribution in [0.15, 0.2) is 48.5 Å². The van der Waals surface area contributed by atoms with E-state index < -0.39 is 0 Å². The Bertz CT molecular complexity index is 1500. The maximum Gasteiger partial charge on any atom is 0.323 e. The Labute approximate surface area is 275 Å². The summed E-state index contributed by atoms with van der Waals surface area (Å²) in [6, 6.07) is 14.5. The number of piperidine rings is 1. The van der Waals surface area contributed by atoms with Crippen molar-refractivity contribution < 1.29 is 19.1 Å². The van der Waals surface area contributed by atoms with Crippen LogP contribution in [-0.4, -0.2) is 110 Å². The van der Waals surface area contributed by atoms with Crippen molar-refractivity contribution in [1.29, 1.82) is 0 Å². The number of hydrogen-bond acceptors (Lipinski definition) is 10. The van der Waals surface area contributed by atoms with Gasteiger partial charge in [0.15, 0.2) is 5.82 Å². The lowest BCUT2D eigenvalue weighted by Crippen LogP contribution is -2.56. The number of carbonyl (C=O) groups is 2. The molecule has 0 saturated carbocycles. The zero-order chi connectivity index (χ0) is 32.0. The fourth-order valence-electron chi connectivity index (χ4n) is 6.80. The minimum Gasteiger partial charge on any atom is -0.378 e. The number of rotatable bonds is 9. The molecule has 3 N–H and O–H groups in total. The predicted octanol–water partition coefficient (Wildman–Crippen LogP) is 3.60. The lowest BCUT2D eigenvalue weighted by atomic mass is 9.95. The Morgan fingerprint density at radius 3 is 2.06 bits per heavy atom. The summed E-state index contributed by atoms with van der Waals surface area (Å²) in [5, 5.41) is 8.70. The summed E-state index contributed by atoms with van der Waals surface area (Å²) < 4.78 is 11.4. The molecule has 4 fully saturated rings. The maximum absolute atomic E-state index is 12.8. The van der Waals surface area contributed by atoms with Gasteiger partial charge in [-0.3, -0.25) is 4.79 Å². The molecule has 1 aromatic heterocycles. The number of nitrogens with one attached hydrogen (secondary N) is 3. The summed E-state index contributed by atoms with van der Waals surface area (Å²) >= 11 is 0. The van der Waals surface area contributed by atoms with Gasteiger partial charge in [0.25, 0.3) is 5.91 Å². The predicted molar refractivity (Wildman–Crippen MR) is 180 cm³/mol. The Morgan fingerprint density at radius 1 is 0.745 bits per heavy atom. The molecule has 47 heavy (non-hydrogen) atoms. The lowest BCUT2D eigenvalue weighted by Gasteiger charge is -2.45. The van der Waals surface area contributed by atoms with Crippen LogP contribution >= 0.6 is 0 Å². The fourth-order valence-corrected chi connectivity index (χ4v) is 6.80. The molecule has 4 aliphatic rings. The van der Waals surface area contributed by atoms with Gasteiger partial charge in [-0.25, -0.2) is 4.79 Å². The second-order valence-electron chi connectivity index (χ2n) is 12.6. The molecule has 248 valence electrons. The minimum absolute atomic E-state index is 0.115. The first-order chi connectivity index (χ1) is 23.1. The van der Waals surface area contributed by atoms with Crippen LogP contribution in [0.3, 0.4) is 0 Å². The van der Waals surface area contributed by atoms with Gasteiger partial charge in [-0.2, -0.15) is 15.0 Å². The zero-order valence-electron chi connectivity index (χ0n) is 26.7. The lowest BCUT2D eigenvalue weighted by molar-refractivity contribution is 0.0452. The number of benzene rings is 2. The van der Waals surface area contributed by atoms with Gasteiger partial charge in [0.2, 0.25) is 11.9 Å². The standard InChI is InChI=1S/C34H43N9O4/c44-31(35-14-17-41-15-1-2-16-41)25-8-12-27(13-9-25)37-34(45)36-26-10-6-24(7-11-26)30-38-32(42-18-20-46-21-19-42)40-33(39-30)43-28-4-3-5-29(43)23-47-22-28/h6-13,28-29H,1-5,14-23H2,(H,35,44)(H2,36,37,45). The highest BCUT2D eigenvalue weighted by atomic mass is 16.5. The Kier molecular flexibility index (Phi) is 9.73. The van der Waals surface area contributed by atoms with E-state index in [1.165, 1.54) is 19.3 Å². The van der Waals surface area contributed by atoms with Crippen molar-refractivity contribution in [2.45, 2.75) is 44.2 Å². The second-order valence-corrected chi connectivity index (χ2v) is 12.6. The number of nitrogens with zero attached hydrogens (tertiary/aromatic N) is 6. The van der Waals surface area contributed by atoms with E-state index in [0.717, 1.165) is 51.1 Å². The van der Waals surface area contributed by atoms with E-state index in [9.17, 15) is 9.59 Å². The van der Waals surface area contributed by atoms with Gasteiger partial charge in [-0.15, -0.1) is 0 Å². The van der Waals surface area contributed by atoms with Crippen LogP contribution in [-0.2, 0) is 9.47 Å². The van der Waals surface area contributed by atoms with E-state index in [4.69, 9.17) is 24.4 Å². The molecule has 13 nitrogen and oxygen atoms in total. The summed E-state index contributed by atoms with van der Waals surface area (Å²) in [5.41, 5.74) is 2.62. The average molecular weight is 642 g/mol. The summed E-state index contributed by atoms with van der Waals surface area (Å²) in [4.78, 5) is 47.0. The van der Waals surface area contributed by atoms with Gasteiger partial charge in [0, 0.05) is 48.7 Å². The van der Waals surface area contributed by atoms with Crippen molar-refractivity contribution in [2.24, 2.45) is 0 Å². The van der Waals surface area contributed by atoms with E-state index in [2.05, 4.69) is 30.7 Å². The number of amides is 3. The number of ether oxygens (including phenoxy) is 2. The highest BCUT2D eigenvalue weighted by molar-refractivity contribution is 6.00. The number of urea groups is 1. The van der Waals surface area contributed by atoms with E-state index in [-0.39, 0.29) is 24.0 Å². The summed E-state index contributed by atoms with van der Waals surface area (Å²) in [5.74, 6) is 1.83. The third-order valence-corrected chi connectivity index (χ3v) is 9.34. The van der Waals surface area contributed by atoms with Crippen LogP contribution in [0, 0.1) is 0 Å². The molecule has 5 heterocycles. The number of morpholine rings is 2. The third-order valence-electron chi connectivity index (χ3n) is 9.34. The molecular weight excluding hydrogens is 598 g/mol. The largest absolute Gasteiger partial charge is 0.378 e. The number of fused-ring (bicyclic) bond motifs is 2. The molecule has 0 aliphatic carbocycles. The number of aromatic nitrogens is 3. The SMILES string of the molecule is O=C(Nc1ccc(C(=O)NCCN2CCCC2)cc1)Nc1ccc(-c2nc(N3CCOCC3)nc(N3C4CCCC3COC4)n2)cc1. The summed E-state index contributed by atoms with van der Waals surface area (Å²) in [6.45, 7) is 7.81. The number of hydrogen-bond donors (Lipinski definition) is 3. The van der Waals surface area contributed by atoms with E-state index in [0.29, 0.717) is 67.6 Å². The molecule has 3 amide bonds. The Morgan fingerprint density at radius 2 is 1.38 bits per heavy atom. The van der Waals surface area contributed by atoms with Crippen LogP contribution in [0.2, 0.25) is 0 Å². The number of anilines is 4. The first kappa shape index (κ1) is 31.3. The summed E-state index contributed by atoms with van der Waals surface area (Å²) in [7, 11) is 0. The van der Waals surface area contributed by atoms with Crippen LogP contribution in [0.4, 0.5) is 28.1 Å². The van der Waals surface area contributed by atoms with Gasteiger partial charge in [0.05, 0.1) is 38.5 Å². The summed E-state index contributed by atoms with van der Waals surface area (Å²) in [6.07, 6.45) is 5.77. The molecule has 2 atom stereocenters. The number of carbonyl (C=O) groups excluding carboxylic acids is 2. The normalized spacial score (nSPS) is 21.4. The topological polar surface area (TPSA) is 137 Å². The van der Waals surface area contributed by atoms with Crippen molar-refractivity contribution in [3.05, 3.63) is 54.1 Å². The highest BCUT2D eigenvalue weighted by Gasteiger charge is 2.37. The maximum atomic E-state index is 12.8. The van der Waals surface area contributed by atoms with Gasteiger partial charge < -0.3 is 40.1 Å². The molecule has 2 unspecified atom stereocenters. The van der Waals surface area contributed by atoms with Crippen LogP contribution in [0.25, 0.3) is 11.4 Å². The van der Waals surface area contributed by atoms with Crippen LogP contribution in [0.5, 0.6) is 0 Å². The van der Waals surface area contributed by atoms with E-state index >= 15 is 0 Å². The van der Waals surface area contributed by atoms with Crippen molar-refractivity contribution in [2.75, 3.05) is 86.1 Å². The van der Waals surface area contributed by atoms with Gasteiger partial charge >= 0.3 is 6.03 Å². The molecule has 4 saturated heterocycles. The molecule has 0 radical (unpaired) electrons. The van der Waals surface area contributed by atoms with E-state index in [1.807, 2.05) is 24.3 Å². The zero-order valence-corrected chi connectivity index (χ0v) is 26.7. The quantitative estimate of drug-likeness (QED) is 0.318. The van der Waals surface area contributed by atoms with Gasteiger partial charge in [-0.05, 0) is 93.7 Å². The molecule has 2 bridgehead atoms. The average Bonchev–Trinajstić information content (AvgIpc) is 3.62. The molecule has 3 aromatic rings. The first-order valence-electron chi connectivity index (χ1n) is 16.8. The van der Waals surface area contributed by atoms with Gasteiger partial charge in [0.1, 0.15) is 0 Å². The smallest absolute Gasteiger partial charge is 0.323 e. The first-order valence-corrected chi connectivity index (χ1v) is 16.8. The van der Waals surface area contributed by atoms with Crippen molar-refractivity contribution >= 4 is 35.2 Å². The molecular formula is C34H43N9O4. The molecule has 7 rings (SSSR count). The highest BCUT2D eigenvalue weighted by Crippen LogP contribution is 2.33. The van der Waals surface area contributed by atoms with E-state index in [1.54, 1.807) is 24.3 Å². The van der Waals surface area contributed by atoms with Gasteiger partial charge in [-0.1, -0.05) is 0 Å². The molecule has 13 heteroatoms. The second kappa shape index (κ2) is 14.6. The third kappa shape index (κ3) is 7.64. The van der Waals surface area contributed by atoms with Crippen LogP contribution in [0.1, 0.15) is 42.5 Å². The van der Waals surface area contributed by atoms with Crippen molar-refractivity contribution in [3.8, 4) is 11.4 Å². The van der Waals surface area contributed by atoms with Crippen molar-refractivity contribution in [1.82, 2.24) is 25.2 Å². The fraction of sp³-hybridized carbons (Fsp3) is 0.500. The molecule has 2 aromatic carbocycles. The molecule has 4 aliphatic heterocycles. The monoisotopic (exact) mass is 641 g/mol.